The second kappa shape index (κ2) is 5.12. The van der Waals surface area contributed by atoms with E-state index in [1.807, 2.05) is 6.07 Å². The van der Waals surface area contributed by atoms with E-state index in [9.17, 15) is 0 Å². The fourth-order valence-electron chi connectivity index (χ4n) is 2.23. The first kappa shape index (κ1) is 11.1. The van der Waals surface area contributed by atoms with Crippen LogP contribution in [0.3, 0.4) is 0 Å². The molecule has 2 N–H and O–H groups in total. The van der Waals surface area contributed by atoms with Crippen LogP contribution in [-0.4, -0.2) is 21.7 Å². The number of nitrogens with one attached hydrogen (secondary N) is 1. The third-order valence-corrected chi connectivity index (χ3v) is 3.13. The Bertz CT molecular complexity index is 450. The summed E-state index contributed by atoms with van der Waals surface area (Å²) >= 11 is 0. The van der Waals surface area contributed by atoms with Gasteiger partial charge in [-0.3, -0.25) is 0 Å². The summed E-state index contributed by atoms with van der Waals surface area (Å²) in [6.07, 6.45) is 6.86. The summed E-state index contributed by atoms with van der Waals surface area (Å²) in [6.45, 7) is 2.47. The van der Waals surface area contributed by atoms with Crippen molar-refractivity contribution in [2.75, 3.05) is 6.61 Å². The lowest BCUT2D eigenvalue weighted by molar-refractivity contribution is 0.279. The van der Waals surface area contributed by atoms with E-state index >= 15 is 0 Å². The number of aliphatic hydroxyl groups excluding tert-OH is 1. The summed E-state index contributed by atoms with van der Waals surface area (Å²) in [5.41, 5.74) is 2.29. The molecule has 86 valence electrons. The molecule has 0 aromatic carbocycles. The van der Waals surface area contributed by atoms with Crippen LogP contribution in [0.1, 0.15) is 37.7 Å². The maximum Gasteiger partial charge on any atom is 0.137 e. The first-order chi connectivity index (χ1) is 7.86. The van der Waals surface area contributed by atoms with Gasteiger partial charge in [-0.1, -0.05) is 6.92 Å². The number of hydrogen-bond acceptors (Lipinski definition) is 2. The van der Waals surface area contributed by atoms with Gasteiger partial charge in [0.1, 0.15) is 5.65 Å². The van der Waals surface area contributed by atoms with Crippen molar-refractivity contribution in [1.29, 1.82) is 0 Å². The van der Waals surface area contributed by atoms with Gasteiger partial charge in [-0.25, -0.2) is 4.98 Å². The molecule has 2 aromatic heterocycles. The molecule has 0 bridgehead atoms. The summed E-state index contributed by atoms with van der Waals surface area (Å²) in [6, 6.07) is 4.08. The van der Waals surface area contributed by atoms with Crippen LogP contribution in [-0.2, 0) is 0 Å². The lowest BCUT2D eigenvalue weighted by Gasteiger charge is -2.13. The number of hydrogen-bond donors (Lipinski definition) is 2. The van der Waals surface area contributed by atoms with E-state index < -0.39 is 0 Å². The number of rotatable bonds is 5. The lowest BCUT2D eigenvalue weighted by Crippen LogP contribution is -1.98. The molecule has 0 amide bonds. The molecule has 2 rings (SSSR count). The molecular weight excluding hydrogens is 200 g/mol. The summed E-state index contributed by atoms with van der Waals surface area (Å²) in [5.74, 6) is 0.519. The Morgan fingerprint density at radius 3 is 3.12 bits per heavy atom. The molecule has 3 nitrogen and oxygen atoms in total. The molecule has 0 aliphatic heterocycles. The van der Waals surface area contributed by atoms with E-state index in [0.29, 0.717) is 5.92 Å². The summed E-state index contributed by atoms with van der Waals surface area (Å²) in [4.78, 5) is 7.50. The normalized spacial score (nSPS) is 13.1. The Labute approximate surface area is 95.5 Å². The van der Waals surface area contributed by atoms with Crippen molar-refractivity contribution < 1.29 is 5.11 Å². The number of aliphatic hydroxyl groups is 1. The lowest BCUT2D eigenvalue weighted by atomic mass is 9.92. The Morgan fingerprint density at radius 2 is 2.38 bits per heavy atom. The monoisotopic (exact) mass is 218 g/mol. The SMILES string of the molecule is CCC(CCCO)c1c[nH]c2ncccc12. The molecule has 1 atom stereocenters. The van der Waals surface area contributed by atoms with Crippen molar-refractivity contribution in [2.24, 2.45) is 0 Å². The number of H-pyrrole nitrogens is 1. The second-order valence-corrected chi connectivity index (χ2v) is 4.11. The fraction of sp³-hybridized carbons (Fsp3) is 0.462. The highest BCUT2D eigenvalue weighted by Gasteiger charge is 2.13. The van der Waals surface area contributed by atoms with Crippen molar-refractivity contribution >= 4 is 11.0 Å². The number of aromatic nitrogens is 2. The van der Waals surface area contributed by atoms with Crippen molar-refractivity contribution in [3.63, 3.8) is 0 Å². The predicted molar refractivity (Wildman–Crippen MR) is 65.4 cm³/mol. The van der Waals surface area contributed by atoms with Crippen LogP contribution in [0.5, 0.6) is 0 Å². The van der Waals surface area contributed by atoms with Crippen LogP contribution in [0.25, 0.3) is 11.0 Å². The summed E-state index contributed by atoms with van der Waals surface area (Å²) in [5, 5.41) is 10.1. The zero-order valence-electron chi connectivity index (χ0n) is 9.61. The Hall–Kier alpha value is -1.35. The van der Waals surface area contributed by atoms with Crippen LogP contribution in [0, 0.1) is 0 Å². The van der Waals surface area contributed by atoms with Crippen molar-refractivity contribution in [3.05, 3.63) is 30.1 Å². The summed E-state index contributed by atoms with van der Waals surface area (Å²) in [7, 11) is 0. The van der Waals surface area contributed by atoms with Gasteiger partial charge >= 0.3 is 0 Å². The maximum absolute atomic E-state index is 8.90. The first-order valence-corrected chi connectivity index (χ1v) is 5.89. The van der Waals surface area contributed by atoms with Crippen LogP contribution >= 0.6 is 0 Å². The van der Waals surface area contributed by atoms with Crippen LogP contribution in [0.4, 0.5) is 0 Å². The molecule has 16 heavy (non-hydrogen) atoms. The van der Waals surface area contributed by atoms with Gasteiger partial charge in [0.05, 0.1) is 0 Å². The standard InChI is InChI=1S/C13H18N2O/c1-2-10(5-4-8-16)12-9-15-13-11(12)6-3-7-14-13/h3,6-7,9-10,16H,2,4-5,8H2,1H3,(H,14,15). The van der Waals surface area contributed by atoms with Gasteiger partial charge in [0.25, 0.3) is 0 Å². The minimum Gasteiger partial charge on any atom is -0.396 e. The molecule has 0 saturated carbocycles. The van der Waals surface area contributed by atoms with E-state index in [1.54, 1.807) is 6.20 Å². The second-order valence-electron chi connectivity index (χ2n) is 4.11. The number of nitrogens with zero attached hydrogens (tertiary/aromatic N) is 1. The minimum absolute atomic E-state index is 0.275. The zero-order valence-corrected chi connectivity index (χ0v) is 9.61. The largest absolute Gasteiger partial charge is 0.396 e. The van der Waals surface area contributed by atoms with Gasteiger partial charge in [-0.05, 0) is 42.9 Å². The van der Waals surface area contributed by atoms with E-state index in [2.05, 4.69) is 29.2 Å². The summed E-state index contributed by atoms with van der Waals surface area (Å²) < 4.78 is 0. The van der Waals surface area contributed by atoms with Crippen molar-refractivity contribution in [3.8, 4) is 0 Å². The smallest absolute Gasteiger partial charge is 0.137 e. The molecular formula is C13H18N2O. The van der Waals surface area contributed by atoms with Crippen molar-refractivity contribution in [1.82, 2.24) is 9.97 Å². The third-order valence-electron chi connectivity index (χ3n) is 3.13. The molecule has 0 saturated heterocycles. The molecule has 3 heteroatoms. The van der Waals surface area contributed by atoms with E-state index in [1.165, 1.54) is 10.9 Å². The van der Waals surface area contributed by atoms with Gasteiger partial charge in [0, 0.05) is 24.4 Å². The highest BCUT2D eigenvalue weighted by molar-refractivity contribution is 5.80. The quantitative estimate of drug-likeness (QED) is 0.810. The highest BCUT2D eigenvalue weighted by atomic mass is 16.2. The number of fused-ring (bicyclic) bond motifs is 1. The average Bonchev–Trinajstić information content (AvgIpc) is 2.75. The maximum atomic E-state index is 8.90. The van der Waals surface area contributed by atoms with Crippen LogP contribution in [0.15, 0.2) is 24.5 Å². The fourth-order valence-corrected chi connectivity index (χ4v) is 2.23. The Balaban J connectivity index is 2.30. The van der Waals surface area contributed by atoms with E-state index in [4.69, 9.17) is 5.11 Å². The highest BCUT2D eigenvalue weighted by Crippen LogP contribution is 2.30. The van der Waals surface area contributed by atoms with E-state index in [0.717, 1.165) is 24.9 Å². The average molecular weight is 218 g/mol. The molecule has 0 aliphatic rings. The van der Waals surface area contributed by atoms with Crippen LogP contribution < -0.4 is 0 Å². The molecule has 0 radical (unpaired) electrons. The van der Waals surface area contributed by atoms with Gasteiger partial charge in [0.2, 0.25) is 0 Å². The predicted octanol–water partition coefficient (Wildman–Crippen LogP) is 2.83. The molecule has 0 spiro atoms. The topological polar surface area (TPSA) is 48.9 Å². The number of pyridine rings is 1. The van der Waals surface area contributed by atoms with Crippen LogP contribution in [0.2, 0.25) is 0 Å². The van der Waals surface area contributed by atoms with Gasteiger partial charge in [-0.2, -0.15) is 0 Å². The van der Waals surface area contributed by atoms with Gasteiger partial charge < -0.3 is 10.1 Å². The Morgan fingerprint density at radius 1 is 1.50 bits per heavy atom. The first-order valence-electron chi connectivity index (χ1n) is 5.89. The molecule has 2 heterocycles. The van der Waals surface area contributed by atoms with Gasteiger partial charge in [0.15, 0.2) is 0 Å². The molecule has 0 aliphatic carbocycles. The Kier molecular flexibility index (Phi) is 3.57. The van der Waals surface area contributed by atoms with E-state index in [-0.39, 0.29) is 6.61 Å². The zero-order chi connectivity index (χ0) is 11.4. The van der Waals surface area contributed by atoms with Gasteiger partial charge in [-0.15, -0.1) is 0 Å². The number of aromatic amines is 1. The minimum atomic E-state index is 0.275. The molecule has 1 unspecified atom stereocenters. The third kappa shape index (κ3) is 2.09. The molecule has 2 aromatic rings. The van der Waals surface area contributed by atoms with Crippen molar-refractivity contribution in [2.45, 2.75) is 32.1 Å². The molecule has 0 fully saturated rings.